The van der Waals surface area contributed by atoms with Crippen LogP contribution in [0.1, 0.15) is 22.4 Å². The fourth-order valence-electron chi connectivity index (χ4n) is 4.00. The number of hydrogen-bond acceptors (Lipinski definition) is 4. The van der Waals surface area contributed by atoms with Crippen molar-refractivity contribution < 1.29 is 17.6 Å². The molecule has 1 N–H and O–H groups in total. The van der Waals surface area contributed by atoms with E-state index in [1.165, 1.54) is 24.3 Å². The molecule has 0 saturated heterocycles. The summed E-state index contributed by atoms with van der Waals surface area (Å²) in [5, 5.41) is 7.15. The van der Waals surface area contributed by atoms with Crippen molar-refractivity contribution in [2.24, 2.45) is 0 Å². The molecule has 0 atom stereocenters. The van der Waals surface area contributed by atoms with Gasteiger partial charge in [0.15, 0.2) is 5.82 Å². The van der Waals surface area contributed by atoms with Gasteiger partial charge in [-0.15, -0.1) is 0 Å². The summed E-state index contributed by atoms with van der Waals surface area (Å²) in [6.07, 6.45) is -0.143. The number of halogens is 4. The highest BCUT2D eigenvalue weighted by molar-refractivity contribution is 5.62. The zero-order valence-corrected chi connectivity index (χ0v) is 17.4. The molecule has 0 radical (unpaired) electrons. The monoisotopic (exact) mass is 453 g/mol. The van der Waals surface area contributed by atoms with Gasteiger partial charge in [-0.3, -0.25) is 10.00 Å². The summed E-state index contributed by atoms with van der Waals surface area (Å²) in [6, 6.07) is 11.2. The van der Waals surface area contributed by atoms with Gasteiger partial charge < -0.3 is 0 Å². The molecule has 1 aliphatic rings. The Morgan fingerprint density at radius 2 is 1.67 bits per heavy atom. The molecule has 0 aliphatic carbocycles. The summed E-state index contributed by atoms with van der Waals surface area (Å²) in [5.74, 6) is 0.132. The van der Waals surface area contributed by atoms with Crippen LogP contribution in [0.3, 0.4) is 0 Å². The Balaban J connectivity index is 1.31. The SMILES string of the molecule is Fc1ccc(-c2[nH]ncc2CN2CCc3nc(-c4ccc(C(F)(F)F)cc4)ncc3C2)cc1. The first-order valence-corrected chi connectivity index (χ1v) is 10.4. The number of benzene rings is 2. The Morgan fingerprint density at radius 3 is 2.39 bits per heavy atom. The third-order valence-electron chi connectivity index (χ3n) is 5.73. The van der Waals surface area contributed by atoms with E-state index in [0.717, 1.165) is 46.8 Å². The van der Waals surface area contributed by atoms with E-state index in [0.29, 0.717) is 30.9 Å². The normalized spacial score (nSPS) is 14.3. The first-order chi connectivity index (χ1) is 15.9. The highest BCUT2D eigenvalue weighted by atomic mass is 19.4. The van der Waals surface area contributed by atoms with Crippen LogP contribution in [0.15, 0.2) is 60.9 Å². The molecule has 0 bridgehead atoms. The predicted molar refractivity (Wildman–Crippen MR) is 114 cm³/mol. The zero-order valence-electron chi connectivity index (χ0n) is 17.4. The summed E-state index contributed by atoms with van der Waals surface area (Å²) in [4.78, 5) is 11.2. The van der Waals surface area contributed by atoms with Crippen molar-refractivity contribution in [2.75, 3.05) is 6.54 Å². The molecule has 33 heavy (non-hydrogen) atoms. The van der Waals surface area contributed by atoms with Crippen molar-refractivity contribution in [3.05, 3.63) is 89.1 Å². The van der Waals surface area contributed by atoms with Crippen LogP contribution in [0, 0.1) is 5.82 Å². The fourth-order valence-corrected chi connectivity index (χ4v) is 4.00. The minimum Gasteiger partial charge on any atom is -0.294 e. The standard InChI is InChI=1S/C24H19F4N5/c25-20-7-3-15(4-8-20)22-18(12-30-32-22)14-33-10-9-21-17(13-33)11-29-23(31-21)16-1-5-19(6-2-16)24(26,27)28/h1-8,11-12H,9-10,13-14H2,(H,30,32). The van der Waals surface area contributed by atoms with Crippen molar-refractivity contribution in [2.45, 2.75) is 25.7 Å². The zero-order chi connectivity index (χ0) is 23.0. The Hall–Kier alpha value is -3.59. The smallest absolute Gasteiger partial charge is 0.294 e. The number of nitrogens with zero attached hydrogens (tertiary/aromatic N) is 4. The lowest BCUT2D eigenvalue weighted by Crippen LogP contribution is -2.31. The number of aromatic amines is 1. The van der Waals surface area contributed by atoms with Crippen LogP contribution in [0.5, 0.6) is 0 Å². The van der Waals surface area contributed by atoms with Gasteiger partial charge in [0.2, 0.25) is 0 Å². The molecule has 168 valence electrons. The van der Waals surface area contributed by atoms with Crippen molar-refractivity contribution in [3.8, 4) is 22.6 Å². The summed E-state index contributed by atoms with van der Waals surface area (Å²) in [7, 11) is 0. The lowest BCUT2D eigenvalue weighted by molar-refractivity contribution is -0.137. The fraction of sp³-hybridized carbons (Fsp3) is 0.208. The number of H-pyrrole nitrogens is 1. The summed E-state index contributed by atoms with van der Waals surface area (Å²) in [6.45, 7) is 2.07. The molecule has 3 heterocycles. The summed E-state index contributed by atoms with van der Waals surface area (Å²) < 4.78 is 51.7. The van der Waals surface area contributed by atoms with Gasteiger partial charge >= 0.3 is 6.18 Å². The van der Waals surface area contributed by atoms with Gasteiger partial charge in [0.25, 0.3) is 0 Å². The van der Waals surface area contributed by atoms with Gasteiger partial charge in [-0.25, -0.2) is 14.4 Å². The van der Waals surface area contributed by atoms with E-state index < -0.39 is 11.7 Å². The molecule has 4 aromatic rings. The molecule has 0 fully saturated rings. The summed E-state index contributed by atoms with van der Waals surface area (Å²) >= 11 is 0. The molecule has 1 aliphatic heterocycles. The predicted octanol–water partition coefficient (Wildman–Crippen LogP) is 5.25. The minimum atomic E-state index is -4.37. The van der Waals surface area contributed by atoms with Gasteiger partial charge in [0.05, 0.1) is 23.1 Å². The van der Waals surface area contributed by atoms with Crippen LogP contribution >= 0.6 is 0 Å². The van der Waals surface area contributed by atoms with E-state index in [9.17, 15) is 17.6 Å². The Labute approximate surface area is 187 Å². The second-order valence-corrected chi connectivity index (χ2v) is 7.98. The van der Waals surface area contributed by atoms with Crippen LogP contribution in [0.4, 0.5) is 17.6 Å². The number of aromatic nitrogens is 4. The molecule has 2 aromatic carbocycles. The molecule has 9 heteroatoms. The molecule has 2 aromatic heterocycles. The topological polar surface area (TPSA) is 57.7 Å². The molecule has 0 spiro atoms. The van der Waals surface area contributed by atoms with Gasteiger partial charge in [-0.05, 0) is 36.4 Å². The van der Waals surface area contributed by atoms with E-state index in [4.69, 9.17) is 0 Å². The number of fused-ring (bicyclic) bond motifs is 1. The van der Waals surface area contributed by atoms with Crippen LogP contribution in [-0.2, 0) is 25.7 Å². The van der Waals surface area contributed by atoms with Crippen LogP contribution in [0.2, 0.25) is 0 Å². The van der Waals surface area contributed by atoms with Crippen molar-refractivity contribution in [3.63, 3.8) is 0 Å². The number of alkyl halides is 3. The number of hydrogen-bond donors (Lipinski definition) is 1. The number of rotatable bonds is 4. The largest absolute Gasteiger partial charge is 0.416 e. The van der Waals surface area contributed by atoms with E-state index in [1.807, 2.05) is 0 Å². The Morgan fingerprint density at radius 1 is 0.939 bits per heavy atom. The average Bonchev–Trinajstić information content (AvgIpc) is 3.27. The summed E-state index contributed by atoms with van der Waals surface area (Å²) in [5.41, 5.74) is 4.48. The van der Waals surface area contributed by atoms with Crippen molar-refractivity contribution in [1.29, 1.82) is 0 Å². The maximum absolute atomic E-state index is 13.3. The first-order valence-electron chi connectivity index (χ1n) is 10.4. The second kappa shape index (κ2) is 8.40. The van der Waals surface area contributed by atoms with E-state index in [1.54, 1.807) is 24.5 Å². The maximum atomic E-state index is 13.3. The maximum Gasteiger partial charge on any atom is 0.416 e. The second-order valence-electron chi connectivity index (χ2n) is 7.98. The van der Waals surface area contributed by atoms with Gasteiger partial charge in [0, 0.05) is 54.5 Å². The Bertz CT molecular complexity index is 1260. The van der Waals surface area contributed by atoms with Crippen LogP contribution in [-0.4, -0.2) is 31.6 Å². The van der Waals surface area contributed by atoms with E-state index in [2.05, 4.69) is 25.1 Å². The molecule has 0 unspecified atom stereocenters. The molecule has 0 saturated carbocycles. The molecule has 0 amide bonds. The highest BCUT2D eigenvalue weighted by Gasteiger charge is 2.30. The molecular weight excluding hydrogens is 434 g/mol. The third-order valence-corrected chi connectivity index (χ3v) is 5.73. The van der Waals surface area contributed by atoms with Crippen molar-refractivity contribution in [1.82, 2.24) is 25.1 Å². The van der Waals surface area contributed by atoms with E-state index in [-0.39, 0.29) is 5.82 Å². The highest BCUT2D eigenvalue weighted by Crippen LogP contribution is 2.31. The lowest BCUT2D eigenvalue weighted by Gasteiger charge is -2.28. The average molecular weight is 453 g/mol. The lowest BCUT2D eigenvalue weighted by atomic mass is 10.0. The molecular formula is C24H19F4N5. The first kappa shape index (κ1) is 21.3. The van der Waals surface area contributed by atoms with Crippen molar-refractivity contribution >= 4 is 0 Å². The van der Waals surface area contributed by atoms with E-state index >= 15 is 0 Å². The van der Waals surface area contributed by atoms with Crippen LogP contribution in [0.25, 0.3) is 22.6 Å². The molecule has 5 nitrogen and oxygen atoms in total. The quantitative estimate of drug-likeness (QED) is 0.429. The number of nitrogens with one attached hydrogen (secondary N) is 1. The van der Waals surface area contributed by atoms with Gasteiger partial charge in [0.1, 0.15) is 5.82 Å². The van der Waals surface area contributed by atoms with Gasteiger partial charge in [-0.1, -0.05) is 12.1 Å². The minimum absolute atomic E-state index is 0.289. The molecule has 5 rings (SSSR count). The Kier molecular flexibility index (Phi) is 5.41. The van der Waals surface area contributed by atoms with Gasteiger partial charge in [-0.2, -0.15) is 18.3 Å². The third kappa shape index (κ3) is 4.49. The van der Waals surface area contributed by atoms with Crippen LogP contribution < -0.4 is 0 Å².